The number of carbonyl (C=O) groups excluding carboxylic acids is 1. The van der Waals surface area contributed by atoms with Gasteiger partial charge in [0.1, 0.15) is 6.04 Å². The van der Waals surface area contributed by atoms with Gasteiger partial charge in [-0.05, 0) is 38.6 Å². The van der Waals surface area contributed by atoms with Crippen LogP contribution in [-0.4, -0.2) is 47.1 Å². The van der Waals surface area contributed by atoms with E-state index in [9.17, 15) is 9.59 Å². The van der Waals surface area contributed by atoms with Gasteiger partial charge in [0.05, 0.1) is 0 Å². The third kappa shape index (κ3) is 2.97. The van der Waals surface area contributed by atoms with Crippen molar-refractivity contribution in [3.05, 3.63) is 0 Å². The Morgan fingerprint density at radius 2 is 2.06 bits per heavy atom. The molecule has 2 unspecified atom stereocenters. The highest BCUT2D eigenvalue weighted by atomic mass is 16.4. The van der Waals surface area contributed by atoms with E-state index in [-0.39, 0.29) is 11.9 Å². The Bertz CT molecular complexity index is 300. The zero-order valence-corrected chi connectivity index (χ0v) is 10.0. The molecule has 0 aliphatic carbocycles. The summed E-state index contributed by atoms with van der Waals surface area (Å²) in [6.45, 7) is 1.57. The molecule has 2 heterocycles. The maximum atomic E-state index is 12.1. The molecule has 0 aromatic rings. The van der Waals surface area contributed by atoms with Crippen molar-refractivity contribution in [1.82, 2.24) is 10.2 Å². The predicted molar refractivity (Wildman–Crippen MR) is 62.6 cm³/mol. The van der Waals surface area contributed by atoms with Gasteiger partial charge in [0, 0.05) is 19.0 Å². The van der Waals surface area contributed by atoms with Crippen molar-refractivity contribution >= 4 is 11.9 Å². The second-order valence-corrected chi connectivity index (χ2v) is 4.93. The van der Waals surface area contributed by atoms with E-state index < -0.39 is 12.0 Å². The van der Waals surface area contributed by atoms with Crippen molar-refractivity contribution in [1.29, 1.82) is 0 Å². The monoisotopic (exact) mass is 240 g/mol. The number of hydrogen-bond donors (Lipinski definition) is 2. The van der Waals surface area contributed by atoms with Gasteiger partial charge in [-0.2, -0.15) is 0 Å². The summed E-state index contributed by atoms with van der Waals surface area (Å²) >= 11 is 0. The molecular weight excluding hydrogens is 220 g/mol. The maximum Gasteiger partial charge on any atom is 0.326 e. The van der Waals surface area contributed by atoms with Crippen molar-refractivity contribution in [3.8, 4) is 0 Å². The molecule has 0 spiro atoms. The maximum absolute atomic E-state index is 12.1. The van der Waals surface area contributed by atoms with Crippen molar-refractivity contribution in [3.63, 3.8) is 0 Å². The second-order valence-electron chi connectivity index (χ2n) is 4.93. The molecule has 2 aliphatic rings. The van der Waals surface area contributed by atoms with Gasteiger partial charge in [0.2, 0.25) is 5.91 Å². The lowest BCUT2D eigenvalue weighted by atomic mass is 10.0. The summed E-state index contributed by atoms with van der Waals surface area (Å²) in [5, 5.41) is 12.4. The van der Waals surface area contributed by atoms with Crippen LogP contribution in [0.5, 0.6) is 0 Å². The molecule has 2 rings (SSSR count). The Kier molecular flexibility index (Phi) is 3.99. The molecule has 96 valence electrons. The predicted octanol–water partition coefficient (Wildman–Crippen LogP) is 0.594. The number of amides is 1. The van der Waals surface area contributed by atoms with Gasteiger partial charge in [0.25, 0.3) is 0 Å². The van der Waals surface area contributed by atoms with Crippen LogP contribution in [0.3, 0.4) is 0 Å². The fourth-order valence-electron chi connectivity index (χ4n) is 2.75. The van der Waals surface area contributed by atoms with Crippen LogP contribution >= 0.6 is 0 Å². The van der Waals surface area contributed by atoms with Gasteiger partial charge >= 0.3 is 5.97 Å². The van der Waals surface area contributed by atoms with Crippen molar-refractivity contribution in [2.45, 2.75) is 50.6 Å². The average Bonchev–Trinajstić information content (AvgIpc) is 2.81. The number of nitrogens with one attached hydrogen (secondary N) is 1. The first-order valence-corrected chi connectivity index (χ1v) is 6.44. The van der Waals surface area contributed by atoms with Gasteiger partial charge in [-0.1, -0.05) is 0 Å². The molecule has 2 aliphatic heterocycles. The Morgan fingerprint density at radius 1 is 1.24 bits per heavy atom. The second kappa shape index (κ2) is 5.49. The van der Waals surface area contributed by atoms with E-state index in [1.807, 2.05) is 0 Å². The number of likely N-dealkylation sites (tertiary alicyclic amines) is 1. The van der Waals surface area contributed by atoms with Crippen LogP contribution < -0.4 is 5.32 Å². The van der Waals surface area contributed by atoms with Gasteiger partial charge in [0.15, 0.2) is 0 Å². The smallest absolute Gasteiger partial charge is 0.326 e. The standard InChI is InChI=1S/C12H20N2O3/c15-11(8-9-4-3-6-13-9)14-7-2-1-5-10(14)12(16)17/h9-10,13H,1-8H2,(H,16,17). The Morgan fingerprint density at radius 3 is 2.71 bits per heavy atom. The quantitative estimate of drug-likeness (QED) is 0.757. The highest BCUT2D eigenvalue weighted by Gasteiger charge is 2.32. The largest absolute Gasteiger partial charge is 0.480 e. The number of carboxylic acids is 1. The first-order valence-electron chi connectivity index (χ1n) is 6.44. The number of carboxylic acid groups (broad SMARTS) is 1. The van der Waals surface area contributed by atoms with E-state index in [1.165, 1.54) is 0 Å². The normalized spacial score (nSPS) is 29.3. The van der Waals surface area contributed by atoms with Crippen LogP contribution in [0.1, 0.15) is 38.5 Å². The highest BCUT2D eigenvalue weighted by Crippen LogP contribution is 2.20. The van der Waals surface area contributed by atoms with Gasteiger partial charge in [-0.25, -0.2) is 4.79 Å². The summed E-state index contributed by atoms with van der Waals surface area (Å²) < 4.78 is 0. The lowest BCUT2D eigenvalue weighted by Crippen LogP contribution is -2.49. The molecule has 0 aromatic heterocycles. The van der Waals surface area contributed by atoms with Crippen LogP contribution in [-0.2, 0) is 9.59 Å². The van der Waals surface area contributed by atoms with Crippen LogP contribution in [0.4, 0.5) is 0 Å². The number of nitrogens with zero attached hydrogens (tertiary/aromatic N) is 1. The van der Waals surface area contributed by atoms with E-state index in [2.05, 4.69) is 5.32 Å². The minimum Gasteiger partial charge on any atom is -0.480 e. The summed E-state index contributed by atoms with van der Waals surface area (Å²) in [7, 11) is 0. The molecule has 17 heavy (non-hydrogen) atoms. The van der Waals surface area contributed by atoms with Crippen LogP contribution in [0, 0.1) is 0 Å². The molecule has 1 amide bonds. The van der Waals surface area contributed by atoms with E-state index >= 15 is 0 Å². The fraction of sp³-hybridized carbons (Fsp3) is 0.833. The molecule has 2 fully saturated rings. The molecule has 2 saturated heterocycles. The molecule has 0 saturated carbocycles. The molecule has 0 radical (unpaired) electrons. The number of piperidine rings is 1. The minimum atomic E-state index is -0.863. The molecule has 5 heteroatoms. The Labute approximate surface area is 101 Å². The number of rotatable bonds is 3. The molecule has 2 N–H and O–H groups in total. The van der Waals surface area contributed by atoms with Crippen molar-refractivity contribution in [2.75, 3.05) is 13.1 Å². The Balaban J connectivity index is 1.93. The minimum absolute atomic E-state index is 0.00324. The summed E-state index contributed by atoms with van der Waals surface area (Å²) in [5.74, 6) is -0.867. The van der Waals surface area contributed by atoms with E-state index in [4.69, 9.17) is 5.11 Å². The lowest BCUT2D eigenvalue weighted by molar-refractivity contribution is -0.152. The molecule has 5 nitrogen and oxygen atoms in total. The highest BCUT2D eigenvalue weighted by molar-refractivity contribution is 5.84. The van der Waals surface area contributed by atoms with Gasteiger partial charge in [-0.15, -0.1) is 0 Å². The van der Waals surface area contributed by atoms with Crippen LogP contribution in [0.25, 0.3) is 0 Å². The molecule has 0 bridgehead atoms. The first-order chi connectivity index (χ1) is 8.18. The van der Waals surface area contributed by atoms with Gasteiger partial charge in [-0.3, -0.25) is 4.79 Å². The zero-order valence-electron chi connectivity index (χ0n) is 10.0. The van der Waals surface area contributed by atoms with E-state index in [0.717, 1.165) is 32.2 Å². The van der Waals surface area contributed by atoms with Crippen molar-refractivity contribution < 1.29 is 14.7 Å². The number of carbonyl (C=O) groups is 2. The third-order valence-electron chi connectivity index (χ3n) is 3.69. The summed E-state index contributed by atoms with van der Waals surface area (Å²) in [4.78, 5) is 24.7. The van der Waals surface area contributed by atoms with Crippen LogP contribution in [0.15, 0.2) is 0 Å². The third-order valence-corrected chi connectivity index (χ3v) is 3.69. The van der Waals surface area contributed by atoms with Gasteiger partial charge < -0.3 is 15.3 Å². The topological polar surface area (TPSA) is 69.6 Å². The SMILES string of the molecule is O=C(O)C1CCCCN1C(=O)CC1CCCN1. The zero-order chi connectivity index (χ0) is 12.3. The van der Waals surface area contributed by atoms with Crippen molar-refractivity contribution in [2.24, 2.45) is 0 Å². The Hall–Kier alpha value is -1.10. The molecule has 2 atom stereocenters. The average molecular weight is 240 g/mol. The van der Waals surface area contributed by atoms with E-state index in [0.29, 0.717) is 19.4 Å². The fourth-order valence-corrected chi connectivity index (χ4v) is 2.75. The molecule has 0 aromatic carbocycles. The lowest BCUT2D eigenvalue weighted by Gasteiger charge is -2.33. The number of hydrogen-bond acceptors (Lipinski definition) is 3. The van der Waals surface area contributed by atoms with E-state index in [1.54, 1.807) is 4.90 Å². The summed E-state index contributed by atoms with van der Waals surface area (Å²) in [6, 6.07) is -0.350. The summed E-state index contributed by atoms with van der Waals surface area (Å²) in [5.41, 5.74) is 0. The first kappa shape index (κ1) is 12.4. The summed E-state index contributed by atoms with van der Waals surface area (Å²) in [6.07, 6.45) is 5.01. The number of aliphatic carboxylic acids is 1. The molecular formula is C12H20N2O3. The van der Waals surface area contributed by atoms with Crippen LogP contribution in [0.2, 0.25) is 0 Å².